The van der Waals surface area contributed by atoms with E-state index in [4.69, 9.17) is 0 Å². The fourth-order valence-corrected chi connectivity index (χ4v) is 3.72. The number of aromatic amines is 1. The lowest BCUT2D eigenvalue weighted by Crippen LogP contribution is -2.42. The zero-order valence-corrected chi connectivity index (χ0v) is 16.8. The van der Waals surface area contributed by atoms with Crippen LogP contribution in [-0.2, 0) is 11.2 Å². The summed E-state index contributed by atoms with van der Waals surface area (Å²) in [4.78, 5) is 47.3. The Balaban J connectivity index is 1.46. The maximum Gasteiger partial charge on any atom is 0.260 e. The van der Waals surface area contributed by atoms with Crippen LogP contribution in [0.25, 0.3) is 0 Å². The van der Waals surface area contributed by atoms with Gasteiger partial charge in [-0.2, -0.15) is 0 Å². The standard InChI is InChI=1S/C22H28N4O3/c1-25(15-11-18-7-2-3-12-23-18)20(27)10-9-17-6-5-14-26(16-17)22(29)19-8-4-13-24-21(19)28/h2-4,7-8,12-13,17H,5-6,9-11,14-16H2,1H3,(H,24,28). The molecular weight excluding hydrogens is 368 g/mol. The topological polar surface area (TPSA) is 86.4 Å². The first-order valence-corrected chi connectivity index (χ1v) is 10.2. The fourth-order valence-electron chi connectivity index (χ4n) is 3.72. The molecule has 1 unspecified atom stereocenters. The van der Waals surface area contributed by atoms with E-state index in [1.165, 1.54) is 6.20 Å². The van der Waals surface area contributed by atoms with E-state index in [2.05, 4.69) is 9.97 Å². The molecule has 3 heterocycles. The number of amides is 2. The van der Waals surface area contributed by atoms with Gasteiger partial charge in [0.05, 0.1) is 0 Å². The van der Waals surface area contributed by atoms with Gasteiger partial charge in [0, 0.05) is 57.6 Å². The van der Waals surface area contributed by atoms with E-state index in [1.54, 1.807) is 28.1 Å². The maximum atomic E-state index is 12.7. The highest BCUT2D eigenvalue weighted by atomic mass is 16.2. The van der Waals surface area contributed by atoms with Gasteiger partial charge in [-0.05, 0) is 49.4 Å². The van der Waals surface area contributed by atoms with Crippen LogP contribution in [0.1, 0.15) is 41.7 Å². The number of likely N-dealkylation sites (N-methyl/N-ethyl adjacent to an activating group) is 1. The van der Waals surface area contributed by atoms with Crippen molar-refractivity contribution in [1.82, 2.24) is 19.8 Å². The van der Waals surface area contributed by atoms with Crippen molar-refractivity contribution >= 4 is 11.8 Å². The van der Waals surface area contributed by atoms with Crippen LogP contribution < -0.4 is 5.56 Å². The molecule has 0 saturated carbocycles. The Bertz CT molecular complexity index is 881. The molecule has 1 fully saturated rings. The third-order valence-corrected chi connectivity index (χ3v) is 5.48. The molecule has 0 spiro atoms. The van der Waals surface area contributed by atoms with Gasteiger partial charge in [-0.1, -0.05) is 6.07 Å². The Hall–Kier alpha value is -2.96. The molecule has 7 heteroatoms. The fraction of sp³-hybridized carbons (Fsp3) is 0.455. The summed E-state index contributed by atoms with van der Waals surface area (Å²) in [6.45, 7) is 1.89. The second-order valence-electron chi connectivity index (χ2n) is 7.60. The highest BCUT2D eigenvalue weighted by molar-refractivity contribution is 5.93. The molecule has 1 aliphatic rings. The molecule has 1 saturated heterocycles. The zero-order chi connectivity index (χ0) is 20.6. The quantitative estimate of drug-likeness (QED) is 0.777. The van der Waals surface area contributed by atoms with Gasteiger partial charge in [-0.15, -0.1) is 0 Å². The number of piperidine rings is 1. The highest BCUT2D eigenvalue weighted by Crippen LogP contribution is 2.22. The van der Waals surface area contributed by atoms with Crippen LogP contribution in [0.3, 0.4) is 0 Å². The van der Waals surface area contributed by atoms with Gasteiger partial charge in [0.2, 0.25) is 5.91 Å². The average molecular weight is 396 g/mol. The number of hydrogen-bond donors (Lipinski definition) is 1. The molecule has 2 aromatic heterocycles. The number of rotatable bonds is 7. The summed E-state index contributed by atoms with van der Waals surface area (Å²) >= 11 is 0. The molecule has 1 N–H and O–H groups in total. The number of hydrogen-bond acceptors (Lipinski definition) is 4. The van der Waals surface area contributed by atoms with Crippen molar-refractivity contribution in [2.24, 2.45) is 5.92 Å². The summed E-state index contributed by atoms with van der Waals surface area (Å²) in [6.07, 6.45) is 7.13. The van der Waals surface area contributed by atoms with Gasteiger partial charge in [0.25, 0.3) is 11.5 Å². The van der Waals surface area contributed by atoms with Gasteiger partial charge in [0.15, 0.2) is 0 Å². The van der Waals surface area contributed by atoms with E-state index in [1.807, 2.05) is 25.2 Å². The van der Waals surface area contributed by atoms with Crippen LogP contribution in [0.2, 0.25) is 0 Å². The number of H-pyrrole nitrogens is 1. The number of carbonyl (C=O) groups excluding carboxylic acids is 2. The number of likely N-dealkylation sites (tertiary alicyclic amines) is 1. The molecule has 3 rings (SSSR count). The predicted octanol–water partition coefficient (Wildman–Crippen LogP) is 2.10. The third-order valence-electron chi connectivity index (χ3n) is 5.48. The minimum absolute atomic E-state index is 0.115. The monoisotopic (exact) mass is 396 g/mol. The summed E-state index contributed by atoms with van der Waals surface area (Å²) in [5.74, 6) is 0.169. The Morgan fingerprint density at radius 1 is 1.28 bits per heavy atom. The molecule has 29 heavy (non-hydrogen) atoms. The lowest BCUT2D eigenvalue weighted by atomic mass is 9.92. The normalized spacial score (nSPS) is 16.4. The lowest BCUT2D eigenvalue weighted by molar-refractivity contribution is -0.130. The first-order valence-electron chi connectivity index (χ1n) is 10.2. The molecule has 2 aromatic rings. The average Bonchev–Trinajstić information content (AvgIpc) is 2.76. The largest absolute Gasteiger partial charge is 0.345 e. The first-order chi connectivity index (χ1) is 14.0. The number of nitrogens with zero attached hydrogens (tertiary/aromatic N) is 3. The Kier molecular flexibility index (Phi) is 7.16. The predicted molar refractivity (Wildman–Crippen MR) is 111 cm³/mol. The molecule has 2 amide bonds. The zero-order valence-electron chi connectivity index (χ0n) is 16.8. The number of aromatic nitrogens is 2. The summed E-state index contributed by atoms with van der Waals surface area (Å²) < 4.78 is 0. The molecule has 0 radical (unpaired) electrons. The van der Waals surface area contributed by atoms with Crippen molar-refractivity contribution in [3.8, 4) is 0 Å². The SMILES string of the molecule is CN(CCc1ccccn1)C(=O)CCC1CCCN(C(=O)c2ccc[nH]c2=O)C1. The molecule has 0 aliphatic carbocycles. The van der Waals surface area contributed by atoms with E-state index in [0.717, 1.165) is 31.4 Å². The van der Waals surface area contributed by atoms with Crippen molar-refractivity contribution in [3.05, 3.63) is 64.3 Å². The minimum atomic E-state index is -0.357. The van der Waals surface area contributed by atoms with Gasteiger partial charge in [0.1, 0.15) is 5.56 Å². The second-order valence-corrected chi connectivity index (χ2v) is 7.60. The number of carbonyl (C=O) groups is 2. The van der Waals surface area contributed by atoms with Crippen molar-refractivity contribution in [3.63, 3.8) is 0 Å². The van der Waals surface area contributed by atoms with Crippen LogP contribution >= 0.6 is 0 Å². The first kappa shape index (κ1) is 20.8. The second kappa shape index (κ2) is 10.0. The summed E-state index contributed by atoms with van der Waals surface area (Å²) in [7, 11) is 1.82. The molecule has 1 atom stereocenters. The number of pyridine rings is 2. The van der Waals surface area contributed by atoms with Crippen LogP contribution in [0.5, 0.6) is 0 Å². The lowest BCUT2D eigenvalue weighted by Gasteiger charge is -2.33. The van der Waals surface area contributed by atoms with E-state index in [0.29, 0.717) is 26.1 Å². The van der Waals surface area contributed by atoms with Gasteiger partial charge in [-0.3, -0.25) is 19.4 Å². The van der Waals surface area contributed by atoms with Gasteiger partial charge >= 0.3 is 0 Å². The Morgan fingerprint density at radius 3 is 2.90 bits per heavy atom. The van der Waals surface area contributed by atoms with E-state index in [-0.39, 0.29) is 28.9 Å². The van der Waals surface area contributed by atoms with Crippen LogP contribution in [-0.4, -0.2) is 58.3 Å². The molecule has 1 aliphatic heterocycles. The van der Waals surface area contributed by atoms with Gasteiger partial charge in [-0.25, -0.2) is 0 Å². The van der Waals surface area contributed by atoms with Crippen molar-refractivity contribution < 1.29 is 9.59 Å². The number of nitrogens with one attached hydrogen (secondary N) is 1. The minimum Gasteiger partial charge on any atom is -0.345 e. The van der Waals surface area contributed by atoms with Crippen molar-refractivity contribution in [2.75, 3.05) is 26.7 Å². The Labute approximate surface area is 170 Å². The molecule has 0 aromatic carbocycles. The van der Waals surface area contributed by atoms with Crippen LogP contribution in [0, 0.1) is 5.92 Å². The summed E-state index contributed by atoms with van der Waals surface area (Å²) in [6, 6.07) is 9.01. The van der Waals surface area contributed by atoms with Crippen molar-refractivity contribution in [2.45, 2.75) is 32.1 Å². The van der Waals surface area contributed by atoms with E-state index in [9.17, 15) is 14.4 Å². The molecular formula is C22H28N4O3. The van der Waals surface area contributed by atoms with E-state index < -0.39 is 0 Å². The van der Waals surface area contributed by atoms with Crippen LogP contribution in [0.15, 0.2) is 47.5 Å². The van der Waals surface area contributed by atoms with Crippen molar-refractivity contribution in [1.29, 1.82) is 0 Å². The molecule has 154 valence electrons. The molecule has 0 bridgehead atoms. The van der Waals surface area contributed by atoms with Crippen LogP contribution in [0.4, 0.5) is 0 Å². The van der Waals surface area contributed by atoms with Gasteiger partial charge < -0.3 is 14.8 Å². The summed E-state index contributed by atoms with van der Waals surface area (Å²) in [5.41, 5.74) is 0.798. The third kappa shape index (κ3) is 5.76. The Morgan fingerprint density at radius 2 is 2.14 bits per heavy atom. The molecule has 7 nitrogen and oxygen atoms in total. The maximum absolute atomic E-state index is 12.7. The smallest absolute Gasteiger partial charge is 0.260 e. The van der Waals surface area contributed by atoms with E-state index >= 15 is 0 Å². The summed E-state index contributed by atoms with van der Waals surface area (Å²) in [5, 5.41) is 0. The highest BCUT2D eigenvalue weighted by Gasteiger charge is 2.26.